The Labute approximate surface area is 146 Å². The minimum absolute atomic E-state index is 0.0565. The first-order valence-electron chi connectivity index (χ1n) is 7.98. The Kier molecular flexibility index (Phi) is 4.56. The number of aryl methyl sites for hydroxylation is 1. The third kappa shape index (κ3) is 3.42. The zero-order valence-electron chi connectivity index (χ0n) is 13.7. The van der Waals surface area contributed by atoms with Crippen molar-refractivity contribution in [2.75, 3.05) is 6.54 Å². The van der Waals surface area contributed by atoms with Gasteiger partial charge in [-0.2, -0.15) is 0 Å². The van der Waals surface area contributed by atoms with Crippen molar-refractivity contribution in [3.63, 3.8) is 0 Å². The van der Waals surface area contributed by atoms with Crippen molar-refractivity contribution in [1.82, 2.24) is 10.6 Å². The summed E-state index contributed by atoms with van der Waals surface area (Å²) in [6, 6.07) is 8.86. The van der Waals surface area contributed by atoms with Gasteiger partial charge in [0.25, 0.3) is 0 Å². The molecule has 2 amide bonds. The van der Waals surface area contributed by atoms with E-state index in [-0.39, 0.29) is 18.6 Å². The van der Waals surface area contributed by atoms with E-state index in [9.17, 15) is 9.90 Å². The number of amides is 2. The summed E-state index contributed by atoms with van der Waals surface area (Å²) in [6.07, 6.45) is 1.67. The van der Waals surface area contributed by atoms with Crippen LogP contribution < -0.4 is 10.6 Å². The first kappa shape index (κ1) is 16.9. The summed E-state index contributed by atoms with van der Waals surface area (Å²) in [5.74, 6) is 1.15. The SMILES string of the molecule is Cc1ccc(C(C)(O)CNC(=O)NC2CCc3c(Cl)cccc32)o1. The standard InChI is InChI=1S/C18H21ClN2O3/c1-11-6-9-16(24-11)18(2,23)10-20-17(22)21-15-8-7-12-13(15)4-3-5-14(12)19/h3-6,9,15,23H,7-8,10H2,1-2H3,(H2,20,21,22). The molecule has 3 rings (SSSR count). The largest absolute Gasteiger partial charge is 0.463 e. The second-order valence-corrected chi connectivity index (χ2v) is 6.82. The smallest absolute Gasteiger partial charge is 0.315 e. The molecule has 1 aromatic carbocycles. The molecule has 128 valence electrons. The minimum Gasteiger partial charge on any atom is -0.463 e. The number of rotatable bonds is 4. The van der Waals surface area contributed by atoms with Crippen molar-refractivity contribution in [1.29, 1.82) is 0 Å². The van der Waals surface area contributed by atoms with Crippen molar-refractivity contribution in [2.24, 2.45) is 0 Å². The fourth-order valence-corrected chi connectivity index (χ4v) is 3.31. The van der Waals surface area contributed by atoms with Crippen LogP contribution in [0.1, 0.15) is 42.0 Å². The molecule has 1 aromatic heterocycles. The quantitative estimate of drug-likeness (QED) is 0.792. The highest BCUT2D eigenvalue weighted by Crippen LogP contribution is 2.35. The van der Waals surface area contributed by atoms with Crippen LogP contribution >= 0.6 is 11.6 Å². The van der Waals surface area contributed by atoms with E-state index in [1.807, 2.05) is 25.1 Å². The highest BCUT2D eigenvalue weighted by molar-refractivity contribution is 6.31. The second-order valence-electron chi connectivity index (χ2n) is 6.41. The van der Waals surface area contributed by atoms with Gasteiger partial charge >= 0.3 is 6.03 Å². The molecule has 0 saturated carbocycles. The number of hydrogen-bond acceptors (Lipinski definition) is 3. The third-order valence-corrected chi connectivity index (χ3v) is 4.74. The monoisotopic (exact) mass is 348 g/mol. The van der Waals surface area contributed by atoms with E-state index in [1.165, 1.54) is 0 Å². The minimum atomic E-state index is -1.26. The summed E-state index contributed by atoms with van der Waals surface area (Å²) < 4.78 is 5.44. The molecule has 1 aliphatic rings. The molecular weight excluding hydrogens is 328 g/mol. The highest BCUT2D eigenvalue weighted by Gasteiger charge is 2.29. The molecule has 0 aliphatic heterocycles. The average Bonchev–Trinajstić information content (AvgIpc) is 3.14. The number of aliphatic hydroxyl groups is 1. The first-order chi connectivity index (χ1) is 11.4. The van der Waals surface area contributed by atoms with Crippen LogP contribution in [-0.2, 0) is 12.0 Å². The van der Waals surface area contributed by atoms with Crippen LogP contribution in [0.25, 0.3) is 0 Å². The zero-order chi connectivity index (χ0) is 17.3. The van der Waals surface area contributed by atoms with Gasteiger partial charge in [-0.3, -0.25) is 0 Å². The Hall–Kier alpha value is -1.98. The third-order valence-electron chi connectivity index (χ3n) is 4.38. The van der Waals surface area contributed by atoms with E-state index in [2.05, 4.69) is 10.6 Å². The maximum Gasteiger partial charge on any atom is 0.315 e. The number of fused-ring (bicyclic) bond motifs is 1. The Bertz CT molecular complexity index is 754. The first-order valence-corrected chi connectivity index (χ1v) is 8.35. The van der Waals surface area contributed by atoms with Crippen LogP contribution in [0.2, 0.25) is 5.02 Å². The summed E-state index contributed by atoms with van der Waals surface area (Å²) in [7, 11) is 0. The molecule has 2 atom stereocenters. The van der Waals surface area contributed by atoms with Gasteiger partial charge in [-0.25, -0.2) is 4.79 Å². The van der Waals surface area contributed by atoms with Gasteiger partial charge < -0.3 is 20.2 Å². The number of hydrogen-bond donors (Lipinski definition) is 3. The molecule has 24 heavy (non-hydrogen) atoms. The second kappa shape index (κ2) is 6.49. The highest BCUT2D eigenvalue weighted by atomic mass is 35.5. The Morgan fingerprint density at radius 3 is 2.92 bits per heavy atom. The number of nitrogens with one attached hydrogen (secondary N) is 2. The van der Waals surface area contributed by atoms with Crippen molar-refractivity contribution < 1.29 is 14.3 Å². The molecule has 0 radical (unpaired) electrons. The lowest BCUT2D eigenvalue weighted by Crippen LogP contribution is -2.44. The summed E-state index contributed by atoms with van der Waals surface area (Å²) in [4.78, 5) is 12.2. The molecule has 1 aliphatic carbocycles. The summed E-state index contributed by atoms with van der Waals surface area (Å²) in [6.45, 7) is 3.47. The number of benzene rings is 1. The summed E-state index contributed by atoms with van der Waals surface area (Å²) in [5, 5.41) is 16.8. The van der Waals surface area contributed by atoms with E-state index >= 15 is 0 Å². The van der Waals surface area contributed by atoms with Crippen LogP contribution in [0, 0.1) is 6.92 Å². The summed E-state index contributed by atoms with van der Waals surface area (Å²) >= 11 is 6.19. The van der Waals surface area contributed by atoms with E-state index in [0.29, 0.717) is 11.5 Å². The Morgan fingerprint density at radius 1 is 1.42 bits per heavy atom. The molecular formula is C18H21ClN2O3. The van der Waals surface area contributed by atoms with Gasteiger partial charge in [0.05, 0.1) is 12.6 Å². The van der Waals surface area contributed by atoms with Crippen LogP contribution in [0.3, 0.4) is 0 Å². The van der Waals surface area contributed by atoms with Gasteiger partial charge in [-0.1, -0.05) is 23.7 Å². The van der Waals surface area contributed by atoms with Gasteiger partial charge in [0.15, 0.2) is 0 Å². The van der Waals surface area contributed by atoms with E-state index in [0.717, 1.165) is 29.0 Å². The van der Waals surface area contributed by atoms with Crippen molar-refractivity contribution in [3.8, 4) is 0 Å². The molecule has 0 spiro atoms. The number of halogens is 1. The zero-order valence-corrected chi connectivity index (χ0v) is 14.5. The van der Waals surface area contributed by atoms with Crippen molar-refractivity contribution in [3.05, 3.63) is 58.0 Å². The van der Waals surface area contributed by atoms with Gasteiger partial charge in [0, 0.05) is 5.02 Å². The van der Waals surface area contributed by atoms with E-state index < -0.39 is 5.60 Å². The molecule has 0 bridgehead atoms. The lowest BCUT2D eigenvalue weighted by Gasteiger charge is -2.22. The predicted octanol–water partition coefficient (Wildman–Crippen LogP) is 3.44. The molecule has 6 heteroatoms. The van der Waals surface area contributed by atoms with Crippen LogP contribution in [-0.4, -0.2) is 17.7 Å². The maximum atomic E-state index is 12.2. The number of furan rings is 1. The predicted molar refractivity (Wildman–Crippen MR) is 92.1 cm³/mol. The lowest BCUT2D eigenvalue weighted by atomic mass is 10.0. The Morgan fingerprint density at radius 2 is 2.21 bits per heavy atom. The molecule has 2 aromatic rings. The topological polar surface area (TPSA) is 74.5 Å². The molecule has 0 saturated heterocycles. The van der Waals surface area contributed by atoms with E-state index in [1.54, 1.807) is 19.1 Å². The number of urea groups is 1. The van der Waals surface area contributed by atoms with Gasteiger partial charge in [-0.05, 0) is 56.0 Å². The maximum absolute atomic E-state index is 12.2. The van der Waals surface area contributed by atoms with E-state index in [4.69, 9.17) is 16.0 Å². The van der Waals surface area contributed by atoms with Gasteiger partial charge in [0.2, 0.25) is 0 Å². The molecule has 3 N–H and O–H groups in total. The molecule has 5 nitrogen and oxygen atoms in total. The van der Waals surface area contributed by atoms with Crippen molar-refractivity contribution in [2.45, 2.75) is 38.3 Å². The molecule has 2 unspecified atom stereocenters. The van der Waals surface area contributed by atoms with Crippen LogP contribution in [0.5, 0.6) is 0 Å². The lowest BCUT2D eigenvalue weighted by molar-refractivity contribution is 0.0359. The Balaban J connectivity index is 1.59. The van der Waals surface area contributed by atoms with Gasteiger partial charge in [-0.15, -0.1) is 0 Å². The fourth-order valence-electron chi connectivity index (χ4n) is 3.03. The van der Waals surface area contributed by atoms with Crippen LogP contribution in [0.15, 0.2) is 34.7 Å². The van der Waals surface area contributed by atoms with Crippen LogP contribution in [0.4, 0.5) is 4.79 Å². The molecule has 0 fully saturated rings. The number of carbonyl (C=O) groups excluding carboxylic acids is 1. The summed E-state index contributed by atoms with van der Waals surface area (Å²) in [5.41, 5.74) is 0.899. The normalized spacial score (nSPS) is 18.8. The van der Waals surface area contributed by atoms with Gasteiger partial charge in [0.1, 0.15) is 17.1 Å². The molecule has 1 heterocycles. The van der Waals surface area contributed by atoms with Crippen molar-refractivity contribution >= 4 is 17.6 Å². The average molecular weight is 349 g/mol. The fraction of sp³-hybridized carbons (Fsp3) is 0.389. The number of carbonyl (C=O) groups is 1.